The summed E-state index contributed by atoms with van der Waals surface area (Å²) in [6.45, 7) is 3.98. The van der Waals surface area contributed by atoms with Gasteiger partial charge in [-0.05, 0) is 49.2 Å². The van der Waals surface area contributed by atoms with Crippen molar-refractivity contribution >= 4 is 20.0 Å². The van der Waals surface area contributed by atoms with Gasteiger partial charge < -0.3 is 4.52 Å². The first-order valence-electron chi connectivity index (χ1n) is 7.42. The molecule has 1 heterocycles. The van der Waals surface area contributed by atoms with Crippen LogP contribution in [0, 0.1) is 0 Å². The van der Waals surface area contributed by atoms with Gasteiger partial charge in [-0.25, -0.2) is 4.57 Å². The second-order valence-corrected chi connectivity index (χ2v) is 6.15. The summed E-state index contributed by atoms with van der Waals surface area (Å²) in [4.78, 5) is 3.98. The Bertz CT molecular complexity index is 678. The van der Waals surface area contributed by atoms with E-state index in [-0.39, 0.29) is 13.2 Å². The molecule has 1 aromatic heterocycles. The SMILES string of the molecule is CCOP(=O)(OCC)Oc1cccc(/C=C/c2ccncc2)c1. The number of hydrogen-bond acceptors (Lipinski definition) is 5. The van der Waals surface area contributed by atoms with Crippen molar-refractivity contribution in [3.8, 4) is 5.75 Å². The maximum Gasteiger partial charge on any atom is 0.530 e. The van der Waals surface area contributed by atoms with E-state index >= 15 is 0 Å². The van der Waals surface area contributed by atoms with Gasteiger partial charge in [0.1, 0.15) is 5.75 Å². The smallest absolute Gasteiger partial charge is 0.404 e. The van der Waals surface area contributed by atoms with Crippen molar-refractivity contribution in [1.29, 1.82) is 0 Å². The highest BCUT2D eigenvalue weighted by molar-refractivity contribution is 7.48. The first-order valence-corrected chi connectivity index (χ1v) is 8.88. The third kappa shape index (κ3) is 5.64. The van der Waals surface area contributed by atoms with Gasteiger partial charge in [-0.1, -0.05) is 24.3 Å². The topological polar surface area (TPSA) is 57.7 Å². The van der Waals surface area contributed by atoms with Gasteiger partial charge in [-0.3, -0.25) is 14.0 Å². The second kappa shape index (κ2) is 8.63. The minimum atomic E-state index is -3.57. The molecular formula is C17H20NO4P. The lowest BCUT2D eigenvalue weighted by Crippen LogP contribution is -2.02. The molecule has 5 nitrogen and oxygen atoms in total. The first-order chi connectivity index (χ1) is 11.1. The summed E-state index contributed by atoms with van der Waals surface area (Å²) in [5.74, 6) is 0.437. The summed E-state index contributed by atoms with van der Waals surface area (Å²) < 4.78 is 28.1. The van der Waals surface area contributed by atoms with Crippen LogP contribution in [0.25, 0.3) is 12.2 Å². The van der Waals surface area contributed by atoms with Crippen LogP contribution in [0.15, 0.2) is 48.8 Å². The highest BCUT2D eigenvalue weighted by atomic mass is 31.2. The predicted molar refractivity (Wildman–Crippen MR) is 91.1 cm³/mol. The maximum atomic E-state index is 12.4. The molecular weight excluding hydrogens is 313 g/mol. The van der Waals surface area contributed by atoms with Crippen molar-refractivity contribution in [1.82, 2.24) is 4.98 Å². The standard InChI is InChI=1S/C17H20NO4P/c1-3-20-23(19,21-4-2)22-17-7-5-6-16(14-17)9-8-15-10-12-18-13-11-15/h5-14H,3-4H2,1-2H3/b9-8+. The van der Waals surface area contributed by atoms with Gasteiger partial charge in [-0.2, -0.15) is 0 Å². The summed E-state index contributed by atoms with van der Waals surface area (Å²) in [6, 6.07) is 11.1. The molecule has 2 aromatic rings. The fraction of sp³-hybridized carbons (Fsp3) is 0.235. The number of benzene rings is 1. The number of rotatable bonds is 8. The lowest BCUT2D eigenvalue weighted by molar-refractivity contribution is 0.167. The zero-order valence-corrected chi connectivity index (χ0v) is 14.1. The quantitative estimate of drug-likeness (QED) is 0.649. The highest BCUT2D eigenvalue weighted by Gasteiger charge is 2.27. The van der Waals surface area contributed by atoms with Gasteiger partial charge in [0.05, 0.1) is 13.2 Å². The monoisotopic (exact) mass is 333 g/mol. The highest BCUT2D eigenvalue weighted by Crippen LogP contribution is 2.49. The van der Waals surface area contributed by atoms with Crippen molar-refractivity contribution in [3.63, 3.8) is 0 Å². The molecule has 0 aliphatic heterocycles. The molecule has 2 rings (SSSR count). The van der Waals surface area contributed by atoms with Crippen LogP contribution in [-0.2, 0) is 13.6 Å². The molecule has 0 amide bonds. The van der Waals surface area contributed by atoms with Crippen LogP contribution in [0.3, 0.4) is 0 Å². The van der Waals surface area contributed by atoms with Crippen LogP contribution in [0.2, 0.25) is 0 Å². The van der Waals surface area contributed by atoms with Crippen LogP contribution in [0.1, 0.15) is 25.0 Å². The zero-order chi connectivity index (χ0) is 16.5. The molecule has 0 spiro atoms. The molecule has 0 N–H and O–H groups in total. The summed E-state index contributed by atoms with van der Waals surface area (Å²) in [6.07, 6.45) is 7.37. The molecule has 0 fully saturated rings. The van der Waals surface area contributed by atoms with E-state index in [1.807, 2.05) is 36.4 Å². The van der Waals surface area contributed by atoms with Gasteiger partial charge in [0.25, 0.3) is 0 Å². The van der Waals surface area contributed by atoms with E-state index in [0.29, 0.717) is 5.75 Å². The Labute approximate surface area is 136 Å². The van der Waals surface area contributed by atoms with Crippen molar-refractivity contribution < 1.29 is 18.1 Å². The number of nitrogens with zero attached hydrogens (tertiary/aromatic N) is 1. The molecule has 0 unspecified atom stereocenters. The van der Waals surface area contributed by atoms with Gasteiger partial charge in [0.2, 0.25) is 0 Å². The average Bonchev–Trinajstić information content (AvgIpc) is 2.54. The lowest BCUT2D eigenvalue weighted by Gasteiger charge is -2.17. The van der Waals surface area contributed by atoms with Crippen LogP contribution < -0.4 is 4.52 Å². The normalized spacial score (nSPS) is 11.7. The third-order valence-corrected chi connectivity index (χ3v) is 4.41. The van der Waals surface area contributed by atoms with Crippen LogP contribution in [0.4, 0.5) is 0 Å². The Balaban J connectivity index is 2.13. The van der Waals surface area contributed by atoms with E-state index < -0.39 is 7.82 Å². The van der Waals surface area contributed by atoms with E-state index in [0.717, 1.165) is 11.1 Å². The van der Waals surface area contributed by atoms with Gasteiger partial charge in [-0.15, -0.1) is 0 Å². The minimum absolute atomic E-state index is 0.249. The minimum Gasteiger partial charge on any atom is -0.404 e. The molecule has 0 aliphatic rings. The summed E-state index contributed by atoms with van der Waals surface area (Å²) >= 11 is 0. The number of aromatic nitrogens is 1. The molecule has 0 radical (unpaired) electrons. The fourth-order valence-electron chi connectivity index (χ4n) is 1.88. The molecule has 0 atom stereocenters. The van der Waals surface area contributed by atoms with E-state index in [1.165, 1.54) is 0 Å². The van der Waals surface area contributed by atoms with E-state index in [2.05, 4.69) is 4.98 Å². The number of pyridine rings is 1. The van der Waals surface area contributed by atoms with Crippen molar-refractivity contribution in [2.75, 3.05) is 13.2 Å². The van der Waals surface area contributed by atoms with Gasteiger partial charge >= 0.3 is 7.82 Å². The van der Waals surface area contributed by atoms with E-state index in [1.54, 1.807) is 38.4 Å². The first kappa shape index (κ1) is 17.4. The van der Waals surface area contributed by atoms with Crippen LogP contribution >= 0.6 is 7.82 Å². The van der Waals surface area contributed by atoms with Crippen LogP contribution in [-0.4, -0.2) is 18.2 Å². The van der Waals surface area contributed by atoms with Crippen molar-refractivity contribution in [2.24, 2.45) is 0 Å². The molecule has 0 saturated heterocycles. The Morgan fingerprint density at radius 3 is 2.30 bits per heavy atom. The predicted octanol–water partition coefficient (Wildman–Crippen LogP) is 4.81. The maximum absolute atomic E-state index is 12.4. The Kier molecular flexibility index (Phi) is 6.53. The Morgan fingerprint density at radius 2 is 1.65 bits per heavy atom. The summed E-state index contributed by atoms with van der Waals surface area (Å²) in [5, 5.41) is 0. The molecule has 0 aliphatic carbocycles. The largest absolute Gasteiger partial charge is 0.530 e. The second-order valence-electron chi connectivity index (χ2n) is 4.56. The van der Waals surface area contributed by atoms with Crippen molar-refractivity contribution in [2.45, 2.75) is 13.8 Å². The molecule has 0 bridgehead atoms. The molecule has 1 aromatic carbocycles. The Hall–Kier alpha value is -1.94. The molecule has 23 heavy (non-hydrogen) atoms. The van der Waals surface area contributed by atoms with Crippen molar-refractivity contribution in [3.05, 3.63) is 59.9 Å². The lowest BCUT2D eigenvalue weighted by atomic mass is 10.1. The van der Waals surface area contributed by atoms with E-state index in [9.17, 15) is 4.57 Å². The average molecular weight is 333 g/mol. The summed E-state index contributed by atoms with van der Waals surface area (Å²) in [7, 11) is -3.57. The zero-order valence-electron chi connectivity index (χ0n) is 13.2. The fourth-order valence-corrected chi connectivity index (χ4v) is 3.06. The van der Waals surface area contributed by atoms with Crippen LogP contribution in [0.5, 0.6) is 5.75 Å². The molecule has 122 valence electrons. The third-order valence-electron chi connectivity index (χ3n) is 2.82. The molecule has 6 heteroatoms. The number of phosphoric ester groups is 1. The number of hydrogen-bond donors (Lipinski definition) is 0. The molecule has 0 saturated carbocycles. The van der Waals surface area contributed by atoms with Gasteiger partial charge in [0.15, 0.2) is 0 Å². The number of phosphoric acid groups is 1. The summed E-state index contributed by atoms with van der Waals surface area (Å²) in [5.41, 5.74) is 1.96. The van der Waals surface area contributed by atoms with E-state index in [4.69, 9.17) is 13.6 Å². The Morgan fingerprint density at radius 1 is 1.00 bits per heavy atom. The van der Waals surface area contributed by atoms with Gasteiger partial charge in [0, 0.05) is 12.4 Å².